The van der Waals surface area contributed by atoms with E-state index in [1.165, 1.54) is 12.8 Å². The third-order valence-electron chi connectivity index (χ3n) is 6.09. The first-order valence-electron chi connectivity index (χ1n) is 10.2. The second-order valence-corrected chi connectivity index (χ2v) is 8.25. The maximum atomic E-state index is 15.3. The summed E-state index contributed by atoms with van der Waals surface area (Å²) >= 11 is 0. The normalized spacial score (nSPS) is 22.7. The molecule has 148 valence electrons. The first kappa shape index (κ1) is 17.6. The van der Waals surface area contributed by atoms with Gasteiger partial charge in [-0.15, -0.1) is 0 Å². The van der Waals surface area contributed by atoms with Gasteiger partial charge in [0.2, 0.25) is 5.95 Å². The lowest BCUT2D eigenvalue weighted by Crippen LogP contribution is -2.33. The van der Waals surface area contributed by atoms with Crippen molar-refractivity contribution in [3.63, 3.8) is 0 Å². The Balaban J connectivity index is 1.55. The summed E-state index contributed by atoms with van der Waals surface area (Å²) in [5.41, 5.74) is 8.47. The fourth-order valence-corrected chi connectivity index (χ4v) is 4.18. The Kier molecular flexibility index (Phi) is 4.30. The highest BCUT2D eigenvalue weighted by atomic mass is 19.1. The highest BCUT2D eigenvalue weighted by Gasteiger charge is 2.28. The van der Waals surface area contributed by atoms with Crippen LogP contribution in [0.5, 0.6) is 0 Å². The molecule has 0 aromatic carbocycles. The molecule has 3 N–H and O–H groups in total. The fourth-order valence-electron chi connectivity index (χ4n) is 4.18. The minimum Gasteiger partial charge on any atom is -0.353 e. The Morgan fingerprint density at radius 2 is 2.00 bits per heavy atom. The molecule has 3 aromatic rings. The molecule has 7 nitrogen and oxygen atoms in total. The van der Waals surface area contributed by atoms with Gasteiger partial charge in [-0.05, 0) is 50.9 Å². The molecular weight excluding hydrogens is 357 g/mol. The average molecular weight is 383 g/mol. The lowest BCUT2D eigenvalue weighted by Gasteiger charge is -2.27. The largest absolute Gasteiger partial charge is 0.353 e. The number of hydrogen-bond acceptors (Lipinski definition) is 5. The van der Waals surface area contributed by atoms with Gasteiger partial charge in [-0.2, -0.15) is 5.10 Å². The van der Waals surface area contributed by atoms with Crippen LogP contribution in [0.25, 0.3) is 16.9 Å². The fraction of sp³-hybridized carbons (Fsp3) is 0.550. The number of nitrogens with two attached hydrogens (primary N) is 1. The molecule has 0 bridgehead atoms. The van der Waals surface area contributed by atoms with Gasteiger partial charge in [-0.1, -0.05) is 0 Å². The Hall–Kier alpha value is -2.48. The van der Waals surface area contributed by atoms with Crippen LogP contribution in [0.4, 0.5) is 10.3 Å². The molecule has 3 aromatic heterocycles. The zero-order valence-corrected chi connectivity index (χ0v) is 16.1. The number of aromatic nitrogens is 5. The molecule has 0 unspecified atom stereocenters. The van der Waals surface area contributed by atoms with Gasteiger partial charge in [-0.25, -0.2) is 14.4 Å². The summed E-state index contributed by atoms with van der Waals surface area (Å²) in [6, 6.07) is 0.569. The summed E-state index contributed by atoms with van der Waals surface area (Å²) in [6.45, 7) is 0. The first-order valence-corrected chi connectivity index (χ1v) is 10.2. The van der Waals surface area contributed by atoms with Gasteiger partial charge in [0.15, 0.2) is 11.5 Å². The van der Waals surface area contributed by atoms with Crippen LogP contribution < -0.4 is 11.1 Å². The minimum atomic E-state index is -0.397. The maximum Gasteiger partial charge on any atom is 0.209 e. The quantitative estimate of drug-likeness (QED) is 0.708. The Labute approximate surface area is 163 Å². The summed E-state index contributed by atoms with van der Waals surface area (Å²) in [5.74, 6) is 0.910. The van der Waals surface area contributed by atoms with E-state index in [9.17, 15) is 0 Å². The molecule has 0 radical (unpaired) electrons. The van der Waals surface area contributed by atoms with E-state index >= 15 is 4.39 Å². The van der Waals surface area contributed by atoms with E-state index in [4.69, 9.17) is 10.7 Å². The van der Waals surface area contributed by atoms with Crippen molar-refractivity contribution in [2.24, 2.45) is 18.7 Å². The van der Waals surface area contributed by atoms with Gasteiger partial charge >= 0.3 is 0 Å². The van der Waals surface area contributed by atoms with E-state index in [-0.39, 0.29) is 12.1 Å². The van der Waals surface area contributed by atoms with Crippen molar-refractivity contribution in [2.75, 3.05) is 5.32 Å². The molecule has 5 rings (SSSR count). The molecule has 0 atom stereocenters. The SMILES string of the molecule is Cn1ncc(-c2nc(N[C@H]3CC[C@H](N)CC3)n3ccnc3c2F)c1CC1CC1. The number of rotatable bonds is 5. The maximum absolute atomic E-state index is 15.3. The zero-order chi connectivity index (χ0) is 19.3. The first-order chi connectivity index (χ1) is 13.6. The van der Waals surface area contributed by atoms with Crippen molar-refractivity contribution < 1.29 is 4.39 Å². The number of imidazole rings is 1. The molecule has 0 saturated heterocycles. The van der Waals surface area contributed by atoms with Crippen molar-refractivity contribution in [2.45, 2.75) is 57.0 Å². The average Bonchev–Trinajstić information content (AvgIpc) is 3.23. The summed E-state index contributed by atoms with van der Waals surface area (Å²) in [6.07, 6.45) is 12.4. The van der Waals surface area contributed by atoms with Crippen molar-refractivity contribution in [3.05, 3.63) is 30.1 Å². The van der Waals surface area contributed by atoms with Gasteiger partial charge in [-0.3, -0.25) is 9.08 Å². The van der Waals surface area contributed by atoms with Crippen LogP contribution in [0.1, 0.15) is 44.2 Å². The number of hydrogen-bond donors (Lipinski definition) is 2. The van der Waals surface area contributed by atoms with Crippen molar-refractivity contribution in [3.8, 4) is 11.3 Å². The molecule has 2 fully saturated rings. The Morgan fingerprint density at radius 3 is 2.75 bits per heavy atom. The van der Waals surface area contributed by atoms with Crippen LogP contribution in [0.3, 0.4) is 0 Å². The third-order valence-corrected chi connectivity index (χ3v) is 6.09. The number of aryl methyl sites for hydroxylation is 1. The molecule has 0 spiro atoms. The van der Waals surface area contributed by atoms with Gasteiger partial charge < -0.3 is 11.1 Å². The van der Waals surface area contributed by atoms with Gasteiger partial charge in [0.25, 0.3) is 0 Å². The van der Waals surface area contributed by atoms with E-state index in [1.807, 2.05) is 11.7 Å². The molecule has 2 aliphatic carbocycles. The minimum absolute atomic E-state index is 0.281. The Morgan fingerprint density at radius 1 is 1.21 bits per heavy atom. The number of fused-ring (bicyclic) bond motifs is 1. The van der Waals surface area contributed by atoms with Crippen LogP contribution >= 0.6 is 0 Å². The summed E-state index contributed by atoms with van der Waals surface area (Å²) in [7, 11) is 1.91. The molecule has 3 heterocycles. The Bertz CT molecular complexity index is 996. The van der Waals surface area contributed by atoms with E-state index in [0.29, 0.717) is 23.2 Å². The number of halogens is 1. The van der Waals surface area contributed by atoms with E-state index in [1.54, 1.807) is 23.0 Å². The third kappa shape index (κ3) is 3.15. The van der Waals surface area contributed by atoms with Crippen LogP contribution in [0.2, 0.25) is 0 Å². The predicted molar refractivity (Wildman–Crippen MR) is 105 cm³/mol. The highest BCUT2D eigenvalue weighted by Crippen LogP contribution is 2.36. The molecule has 2 aliphatic rings. The summed E-state index contributed by atoms with van der Waals surface area (Å²) < 4.78 is 18.9. The van der Waals surface area contributed by atoms with E-state index in [0.717, 1.165) is 43.4 Å². The van der Waals surface area contributed by atoms with Gasteiger partial charge in [0.05, 0.1) is 6.20 Å². The molecule has 8 heteroatoms. The molecule has 28 heavy (non-hydrogen) atoms. The predicted octanol–water partition coefficient (Wildman–Crippen LogP) is 2.90. The van der Waals surface area contributed by atoms with Crippen LogP contribution in [-0.4, -0.2) is 36.2 Å². The van der Waals surface area contributed by atoms with Crippen LogP contribution in [0, 0.1) is 11.7 Å². The number of nitrogens with zero attached hydrogens (tertiary/aromatic N) is 5. The van der Waals surface area contributed by atoms with Crippen molar-refractivity contribution in [1.29, 1.82) is 0 Å². The van der Waals surface area contributed by atoms with Crippen LogP contribution in [-0.2, 0) is 13.5 Å². The van der Waals surface area contributed by atoms with Gasteiger partial charge in [0, 0.05) is 42.8 Å². The molecule has 0 amide bonds. The second kappa shape index (κ2) is 6.84. The second-order valence-electron chi connectivity index (χ2n) is 8.25. The lowest BCUT2D eigenvalue weighted by molar-refractivity contribution is 0.409. The van der Waals surface area contributed by atoms with Crippen LogP contribution in [0.15, 0.2) is 18.6 Å². The standard InChI is InChI=1S/C20H26FN7/c1-27-16(10-12-2-3-12)15(11-24-27)18-17(21)19-23-8-9-28(19)20(26-18)25-14-6-4-13(22)5-7-14/h8-9,11-14H,2-7,10,22H2,1H3,(H,25,26)/t13-,14-. The van der Waals surface area contributed by atoms with E-state index in [2.05, 4.69) is 15.4 Å². The van der Waals surface area contributed by atoms with Gasteiger partial charge in [0.1, 0.15) is 5.69 Å². The smallest absolute Gasteiger partial charge is 0.209 e. The monoisotopic (exact) mass is 383 g/mol. The van der Waals surface area contributed by atoms with Crippen molar-refractivity contribution >= 4 is 11.6 Å². The lowest BCUT2D eigenvalue weighted by atomic mass is 9.92. The summed E-state index contributed by atoms with van der Waals surface area (Å²) in [5, 5.41) is 7.89. The molecule has 2 saturated carbocycles. The highest BCUT2D eigenvalue weighted by molar-refractivity contribution is 5.69. The summed E-state index contributed by atoms with van der Waals surface area (Å²) in [4.78, 5) is 8.95. The zero-order valence-electron chi connectivity index (χ0n) is 16.1. The topological polar surface area (TPSA) is 86.1 Å². The molecule has 0 aliphatic heterocycles. The number of nitrogens with one attached hydrogen (secondary N) is 1. The number of anilines is 1. The van der Waals surface area contributed by atoms with Crippen molar-refractivity contribution in [1.82, 2.24) is 24.1 Å². The van der Waals surface area contributed by atoms with E-state index < -0.39 is 5.82 Å². The molecular formula is C20H26FN7.